The van der Waals surface area contributed by atoms with Crippen LogP contribution < -0.4 is 0 Å². The van der Waals surface area contributed by atoms with Crippen LogP contribution in [0.2, 0.25) is 0 Å². The molecule has 0 unspecified atom stereocenters. The van der Waals surface area contributed by atoms with E-state index in [0.717, 1.165) is 11.9 Å². The molecular weight excluding hydrogens is 150 g/mol. The van der Waals surface area contributed by atoms with Gasteiger partial charge < -0.3 is 9.69 Å². The van der Waals surface area contributed by atoms with Gasteiger partial charge in [0.2, 0.25) is 0 Å². The van der Waals surface area contributed by atoms with Crippen LogP contribution in [0.3, 0.4) is 0 Å². The molecule has 0 amide bonds. The molecule has 0 atom stereocenters. The number of carbonyl (C=O) groups excluding carboxylic acids is 1. The van der Waals surface area contributed by atoms with Crippen LogP contribution in [0.25, 0.3) is 0 Å². The molecule has 0 N–H and O–H groups in total. The van der Waals surface area contributed by atoms with Crippen molar-refractivity contribution < 1.29 is 4.79 Å². The van der Waals surface area contributed by atoms with E-state index < -0.39 is 0 Å². The Hall–Kier alpha value is -1.31. The quantitative estimate of drug-likeness (QED) is 0.573. The van der Waals surface area contributed by atoms with Crippen molar-refractivity contribution in [2.45, 2.75) is 0 Å². The Kier molecular flexibility index (Phi) is 2.86. The van der Waals surface area contributed by atoms with Gasteiger partial charge in [-0.15, -0.1) is 0 Å². The zero-order valence-corrected chi connectivity index (χ0v) is 7.40. The Morgan fingerprint density at radius 1 is 1.33 bits per heavy atom. The maximum Gasteiger partial charge on any atom is 0.130 e. The zero-order valence-electron chi connectivity index (χ0n) is 7.40. The number of hydrogen-bond acceptors (Lipinski definition) is 2. The van der Waals surface area contributed by atoms with Crippen molar-refractivity contribution in [2.24, 2.45) is 5.92 Å². The molecule has 1 rings (SSSR count). The molecule has 1 aliphatic rings. The average Bonchev–Trinajstić information content (AvgIpc) is 2.05. The lowest BCUT2D eigenvalue weighted by molar-refractivity contribution is -0.108. The van der Waals surface area contributed by atoms with Gasteiger partial charge in [0.05, 0.1) is 5.92 Å². The first kappa shape index (κ1) is 8.78. The van der Waals surface area contributed by atoms with Crippen LogP contribution in [0, 0.1) is 5.92 Å². The third-order valence-electron chi connectivity index (χ3n) is 1.59. The molecule has 0 aromatic rings. The molecule has 0 fully saturated rings. The summed E-state index contributed by atoms with van der Waals surface area (Å²) in [6.45, 7) is 0. The minimum absolute atomic E-state index is 0.0377. The minimum atomic E-state index is -0.0377. The fourth-order valence-corrected chi connectivity index (χ4v) is 1.04. The fraction of sp³-hybridized carbons (Fsp3) is 0.300. The molecule has 64 valence electrons. The van der Waals surface area contributed by atoms with Crippen LogP contribution in [-0.2, 0) is 4.79 Å². The molecule has 0 heterocycles. The highest BCUT2D eigenvalue weighted by molar-refractivity contribution is 5.62. The fourth-order valence-electron chi connectivity index (χ4n) is 1.04. The van der Waals surface area contributed by atoms with E-state index in [0.29, 0.717) is 0 Å². The Morgan fingerprint density at radius 2 is 1.92 bits per heavy atom. The van der Waals surface area contributed by atoms with Crippen LogP contribution in [0.5, 0.6) is 0 Å². The molecule has 12 heavy (non-hydrogen) atoms. The number of aldehydes is 1. The summed E-state index contributed by atoms with van der Waals surface area (Å²) in [7, 11) is 3.95. The van der Waals surface area contributed by atoms with E-state index in [1.165, 1.54) is 0 Å². The van der Waals surface area contributed by atoms with Crippen molar-refractivity contribution in [3.63, 3.8) is 0 Å². The summed E-state index contributed by atoms with van der Waals surface area (Å²) in [5, 5.41) is 0. The van der Waals surface area contributed by atoms with Gasteiger partial charge in [0, 0.05) is 20.3 Å². The Balaban J connectivity index is 2.66. The number of allylic oxidation sites excluding steroid dienone is 5. The van der Waals surface area contributed by atoms with Gasteiger partial charge >= 0.3 is 0 Å². The van der Waals surface area contributed by atoms with Gasteiger partial charge in [-0.25, -0.2) is 0 Å². The van der Waals surface area contributed by atoms with Crippen LogP contribution in [-0.4, -0.2) is 25.3 Å². The van der Waals surface area contributed by atoms with Gasteiger partial charge in [0.25, 0.3) is 0 Å². The standard InChI is InChI=1S/C10H13NO/c1-11(2)7-9-3-5-10(8-12)6-4-9/h3-8,10H,1-2H3. The molecule has 2 heteroatoms. The first-order valence-corrected chi connectivity index (χ1v) is 3.92. The molecule has 0 spiro atoms. The first-order chi connectivity index (χ1) is 5.72. The molecule has 0 radical (unpaired) electrons. The van der Waals surface area contributed by atoms with E-state index in [1.54, 1.807) is 0 Å². The van der Waals surface area contributed by atoms with Crippen LogP contribution in [0.15, 0.2) is 36.1 Å². The molecule has 0 aromatic carbocycles. The summed E-state index contributed by atoms with van der Waals surface area (Å²) < 4.78 is 0. The second kappa shape index (κ2) is 3.90. The van der Waals surface area contributed by atoms with E-state index in [9.17, 15) is 4.79 Å². The van der Waals surface area contributed by atoms with E-state index in [1.807, 2.05) is 49.5 Å². The number of nitrogens with zero attached hydrogens (tertiary/aromatic N) is 1. The molecule has 1 aliphatic carbocycles. The smallest absolute Gasteiger partial charge is 0.130 e. The number of rotatable bonds is 2. The molecule has 0 aromatic heterocycles. The highest BCUT2D eigenvalue weighted by Crippen LogP contribution is 2.11. The van der Waals surface area contributed by atoms with Crippen molar-refractivity contribution in [3.8, 4) is 0 Å². The van der Waals surface area contributed by atoms with Gasteiger partial charge in [-0.1, -0.05) is 24.3 Å². The van der Waals surface area contributed by atoms with Crippen LogP contribution in [0.4, 0.5) is 0 Å². The molecular formula is C10H13NO. The average molecular weight is 163 g/mol. The normalized spacial score (nSPS) is 20.8. The van der Waals surface area contributed by atoms with E-state index in [2.05, 4.69) is 0 Å². The molecule has 0 saturated heterocycles. The predicted octanol–water partition coefficient (Wildman–Crippen LogP) is 1.37. The van der Waals surface area contributed by atoms with Crippen LogP contribution in [0.1, 0.15) is 0 Å². The summed E-state index contributed by atoms with van der Waals surface area (Å²) in [5.41, 5.74) is 1.12. The van der Waals surface area contributed by atoms with Crippen molar-refractivity contribution in [3.05, 3.63) is 36.1 Å². The van der Waals surface area contributed by atoms with Gasteiger partial charge in [-0.3, -0.25) is 0 Å². The Bertz CT molecular complexity index is 233. The summed E-state index contributed by atoms with van der Waals surface area (Å²) in [6.07, 6.45) is 10.6. The van der Waals surface area contributed by atoms with E-state index in [4.69, 9.17) is 0 Å². The van der Waals surface area contributed by atoms with Crippen molar-refractivity contribution in [2.75, 3.05) is 14.1 Å². The maximum atomic E-state index is 10.4. The van der Waals surface area contributed by atoms with Crippen molar-refractivity contribution in [1.29, 1.82) is 0 Å². The highest BCUT2D eigenvalue weighted by atomic mass is 16.1. The van der Waals surface area contributed by atoms with Gasteiger partial charge in [0.1, 0.15) is 6.29 Å². The van der Waals surface area contributed by atoms with Crippen LogP contribution >= 0.6 is 0 Å². The van der Waals surface area contributed by atoms with Gasteiger partial charge in [-0.05, 0) is 5.57 Å². The Morgan fingerprint density at radius 3 is 2.33 bits per heavy atom. The minimum Gasteiger partial charge on any atom is -0.383 e. The van der Waals surface area contributed by atoms with Crippen molar-refractivity contribution >= 4 is 6.29 Å². The molecule has 0 aliphatic heterocycles. The molecule has 0 bridgehead atoms. The lowest BCUT2D eigenvalue weighted by Crippen LogP contribution is -2.03. The van der Waals surface area contributed by atoms with E-state index in [-0.39, 0.29) is 5.92 Å². The maximum absolute atomic E-state index is 10.4. The lowest BCUT2D eigenvalue weighted by Gasteiger charge is -2.09. The Labute approximate surface area is 72.9 Å². The third-order valence-corrected chi connectivity index (χ3v) is 1.59. The number of carbonyl (C=O) groups is 1. The topological polar surface area (TPSA) is 20.3 Å². The van der Waals surface area contributed by atoms with Gasteiger partial charge in [-0.2, -0.15) is 0 Å². The number of hydrogen-bond donors (Lipinski definition) is 0. The van der Waals surface area contributed by atoms with Crippen molar-refractivity contribution in [1.82, 2.24) is 4.90 Å². The summed E-state index contributed by atoms with van der Waals surface area (Å²) >= 11 is 0. The molecule has 0 saturated carbocycles. The monoisotopic (exact) mass is 163 g/mol. The highest BCUT2D eigenvalue weighted by Gasteiger charge is 2.01. The second-order valence-corrected chi connectivity index (χ2v) is 3.02. The molecule has 2 nitrogen and oxygen atoms in total. The second-order valence-electron chi connectivity index (χ2n) is 3.02. The SMILES string of the molecule is CN(C)C=C1C=CC(C=O)C=C1. The largest absolute Gasteiger partial charge is 0.383 e. The summed E-state index contributed by atoms with van der Waals surface area (Å²) in [4.78, 5) is 12.3. The lowest BCUT2D eigenvalue weighted by atomic mass is 10.0. The third kappa shape index (κ3) is 2.38. The van der Waals surface area contributed by atoms with E-state index >= 15 is 0 Å². The first-order valence-electron chi connectivity index (χ1n) is 3.92. The summed E-state index contributed by atoms with van der Waals surface area (Å²) in [6, 6.07) is 0. The predicted molar refractivity (Wildman–Crippen MR) is 49.6 cm³/mol. The zero-order chi connectivity index (χ0) is 8.97. The van der Waals surface area contributed by atoms with Gasteiger partial charge in [0.15, 0.2) is 0 Å². The summed E-state index contributed by atoms with van der Waals surface area (Å²) in [5.74, 6) is -0.0377.